The summed E-state index contributed by atoms with van der Waals surface area (Å²) in [5.41, 5.74) is 5.55. The number of hydrogen-bond donors (Lipinski definition) is 0. The predicted octanol–water partition coefficient (Wildman–Crippen LogP) is 2.87. The van der Waals surface area contributed by atoms with E-state index in [4.69, 9.17) is 0 Å². The maximum absolute atomic E-state index is 4.64. The van der Waals surface area contributed by atoms with Gasteiger partial charge in [-0.2, -0.15) is 5.10 Å². The molecule has 2 aromatic heterocycles. The van der Waals surface area contributed by atoms with Crippen molar-refractivity contribution in [1.82, 2.24) is 14.8 Å². The van der Waals surface area contributed by atoms with Crippen molar-refractivity contribution in [2.24, 2.45) is 12.0 Å². The van der Waals surface area contributed by atoms with E-state index in [1.165, 1.54) is 0 Å². The van der Waals surface area contributed by atoms with Gasteiger partial charge in [-0.3, -0.25) is 4.68 Å². The fraction of sp³-hybridized carbons (Fsp3) is 0.308. The van der Waals surface area contributed by atoms with E-state index in [-0.39, 0.29) is 0 Å². The van der Waals surface area contributed by atoms with Gasteiger partial charge in [0.2, 0.25) is 0 Å². The average molecular weight is 305 g/mol. The first-order chi connectivity index (χ1) is 8.58. The van der Waals surface area contributed by atoms with Gasteiger partial charge < -0.3 is 0 Å². The van der Waals surface area contributed by atoms with Crippen molar-refractivity contribution >= 4 is 27.5 Å². The molecule has 0 spiro atoms. The molecule has 0 aromatic carbocycles. The molecule has 0 bridgehead atoms. The summed E-state index contributed by atoms with van der Waals surface area (Å²) in [5, 5.41) is 4.44. The van der Waals surface area contributed by atoms with Crippen LogP contribution in [0, 0.1) is 13.8 Å². The third-order valence-corrected chi connectivity index (χ3v) is 4.10. The molecule has 0 atom stereocenters. The smallest absolute Gasteiger partial charge is 0.156 e. The van der Waals surface area contributed by atoms with Gasteiger partial charge >= 0.3 is 0 Å². The fourth-order valence-corrected chi connectivity index (χ4v) is 2.82. The first-order valence-corrected chi connectivity index (χ1v) is 6.58. The van der Waals surface area contributed by atoms with Gasteiger partial charge in [0.15, 0.2) is 5.82 Å². The van der Waals surface area contributed by atoms with E-state index >= 15 is 0 Å². The first-order valence-electron chi connectivity index (χ1n) is 5.79. The molecule has 0 unspecified atom stereocenters. The molecule has 0 aliphatic carbocycles. The Morgan fingerprint density at radius 1 is 1.33 bits per heavy atom. The molecule has 0 amide bonds. The molecular formula is C13H13BrN4. The number of aliphatic imine (C=N–C) groups is 1. The van der Waals surface area contributed by atoms with Gasteiger partial charge in [-0.05, 0) is 19.9 Å². The lowest BCUT2D eigenvalue weighted by Crippen LogP contribution is -2.04. The summed E-state index contributed by atoms with van der Waals surface area (Å²) in [7, 11) is 1.96. The number of pyridine rings is 1. The fourth-order valence-electron chi connectivity index (χ4n) is 2.39. The summed E-state index contributed by atoms with van der Waals surface area (Å²) in [6.07, 6.45) is 2.59. The molecule has 0 N–H and O–H groups in total. The highest BCUT2D eigenvalue weighted by Gasteiger charge is 2.23. The van der Waals surface area contributed by atoms with E-state index in [1.54, 1.807) is 6.20 Å². The Labute approximate surface area is 114 Å². The summed E-state index contributed by atoms with van der Waals surface area (Å²) >= 11 is 3.56. The van der Waals surface area contributed by atoms with E-state index in [1.807, 2.05) is 24.7 Å². The van der Waals surface area contributed by atoms with E-state index in [0.29, 0.717) is 0 Å². The second-order valence-corrected chi connectivity index (χ2v) is 5.35. The number of halogens is 1. The van der Waals surface area contributed by atoms with Crippen LogP contribution in [-0.4, -0.2) is 20.5 Å². The minimum atomic E-state index is 0.817. The Morgan fingerprint density at radius 2 is 2.11 bits per heavy atom. The van der Waals surface area contributed by atoms with Gasteiger partial charge in [-0.25, -0.2) is 9.98 Å². The summed E-state index contributed by atoms with van der Waals surface area (Å²) in [5.74, 6) is 0.821. The largest absolute Gasteiger partial charge is 0.272 e. The van der Waals surface area contributed by atoms with Crippen molar-refractivity contribution in [3.63, 3.8) is 0 Å². The van der Waals surface area contributed by atoms with Gasteiger partial charge in [-0.15, -0.1) is 0 Å². The molecule has 1 aliphatic heterocycles. The number of rotatable bonds is 1. The van der Waals surface area contributed by atoms with E-state index < -0.39 is 0 Å². The van der Waals surface area contributed by atoms with Gasteiger partial charge in [0, 0.05) is 41.0 Å². The summed E-state index contributed by atoms with van der Waals surface area (Å²) in [4.78, 5) is 8.96. The maximum Gasteiger partial charge on any atom is 0.156 e. The topological polar surface area (TPSA) is 43.1 Å². The van der Waals surface area contributed by atoms with Gasteiger partial charge in [0.1, 0.15) is 0 Å². The first kappa shape index (κ1) is 11.6. The third-order valence-electron chi connectivity index (χ3n) is 3.36. The highest BCUT2D eigenvalue weighted by Crippen LogP contribution is 2.33. The third kappa shape index (κ3) is 1.61. The predicted molar refractivity (Wildman–Crippen MR) is 74.5 cm³/mol. The SMILES string of the molecule is Cc1nn(C)c(C)c1C1=Nc2nccc(Br)c2C1. The summed E-state index contributed by atoms with van der Waals surface area (Å²) in [6, 6.07) is 1.96. The Morgan fingerprint density at radius 3 is 2.72 bits per heavy atom. The molecule has 92 valence electrons. The van der Waals surface area contributed by atoms with Crippen LogP contribution in [0.1, 0.15) is 22.5 Å². The van der Waals surface area contributed by atoms with Gasteiger partial charge in [0.05, 0.1) is 11.4 Å². The maximum atomic E-state index is 4.64. The van der Waals surface area contributed by atoms with Crippen LogP contribution in [0.4, 0.5) is 5.82 Å². The van der Waals surface area contributed by atoms with Crippen molar-refractivity contribution in [3.05, 3.63) is 39.3 Å². The van der Waals surface area contributed by atoms with Crippen LogP contribution in [0.15, 0.2) is 21.7 Å². The highest BCUT2D eigenvalue weighted by atomic mass is 79.9. The lowest BCUT2D eigenvalue weighted by molar-refractivity contribution is 0.731. The zero-order valence-electron chi connectivity index (χ0n) is 10.5. The zero-order valence-corrected chi connectivity index (χ0v) is 12.1. The van der Waals surface area contributed by atoms with Crippen LogP contribution < -0.4 is 0 Å². The van der Waals surface area contributed by atoms with Crippen LogP contribution in [0.3, 0.4) is 0 Å². The lowest BCUT2D eigenvalue weighted by atomic mass is 10.0. The van der Waals surface area contributed by atoms with Gasteiger partial charge in [-0.1, -0.05) is 15.9 Å². The van der Waals surface area contributed by atoms with Crippen LogP contribution >= 0.6 is 15.9 Å². The van der Waals surface area contributed by atoms with Crippen LogP contribution in [0.5, 0.6) is 0 Å². The van der Waals surface area contributed by atoms with Crippen molar-refractivity contribution in [3.8, 4) is 0 Å². The quantitative estimate of drug-likeness (QED) is 0.813. The Kier molecular flexibility index (Phi) is 2.59. The number of hydrogen-bond acceptors (Lipinski definition) is 3. The molecule has 4 nitrogen and oxygen atoms in total. The van der Waals surface area contributed by atoms with Crippen LogP contribution in [-0.2, 0) is 13.5 Å². The number of fused-ring (bicyclic) bond motifs is 1. The Bertz CT molecular complexity index is 670. The summed E-state index contributed by atoms with van der Waals surface area (Å²) < 4.78 is 2.98. The number of nitrogens with zero attached hydrogens (tertiary/aromatic N) is 4. The molecule has 0 saturated heterocycles. The van der Waals surface area contributed by atoms with Gasteiger partial charge in [0.25, 0.3) is 0 Å². The molecule has 3 rings (SSSR count). The number of aryl methyl sites for hydroxylation is 2. The second kappa shape index (κ2) is 4.02. The van der Waals surface area contributed by atoms with Crippen molar-refractivity contribution in [2.45, 2.75) is 20.3 Å². The standard InChI is InChI=1S/C13H13BrN4/c1-7-12(8(2)18(3)17-7)11-6-9-10(14)4-5-15-13(9)16-11/h4-5H,6H2,1-3H3. The lowest BCUT2D eigenvalue weighted by Gasteiger charge is -2.01. The molecular weight excluding hydrogens is 292 g/mol. The molecule has 1 aliphatic rings. The monoisotopic (exact) mass is 304 g/mol. The Hall–Kier alpha value is -1.49. The molecule has 2 aromatic rings. The average Bonchev–Trinajstić information content (AvgIpc) is 2.83. The minimum Gasteiger partial charge on any atom is -0.272 e. The second-order valence-electron chi connectivity index (χ2n) is 4.50. The highest BCUT2D eigenvalue weighted by molar-refractivity contribution is 9.10. The molecule has 3 heterocycles. The molecule has 0 fully saturated rings. The molecule has 0 saturated carbocycles. The normalized spacial score (nSPS) is 13.7. The van der Waals surface area contributed by atoms with Crippen molar-refractivity contribution in [2.75, 3.05) is 0 Å². The molecule has 18 heavy (non-hydrogen) atoms. The molecule has 0 radical (unpaired) electrons. The van der Waals surface area contributed by atoms with Crippen molar-refractivity contribution in [1.29, 1.82) is 0 Å². The molecule has 5 heteroatoms. The number of aromatic nitrogens is 3. The summed E-state index contributed by atoms with van der Waals surface area (Å²) in [6.45, 7) is 4.10. The van der Waals surface area contributed by atoms with Crippen molar-refractivity contribution < 1.29 is 0 Å². The van der Waals surface area contributed by atoms with E-state index in [9.17, 15) is 0 Å². The minimum absolute atomic E-state index is 0.817. The van der Waals surface area contributed by atoms with E-state index in [0.717, 1.165) is 44.9 Å². The van der Waals surface area contributed by atoms with E-state index in [2.05, 4.69) is 37.9 Å². The zero-order chi connectivity index (χ0) is 12.9. The van der Waals surface area contributed by atoms with Crippen LogP contribution in [0.25, 0.3) is 0 Å². The Balaban J connectivity index is 2.11. The van der Waals surface area contributed by atoms with Crippen LogP contribution in [0.2, 0.25) is 0 Å².